The Morgan fingerprint density at radius 3 is 2.31 bits per heavy atom. The van der Waals surface area contributed by atoms with E-state index in [-0.39, 0.29) is 11.8 Å². The monoisotopic (exact) mass is 484 g/mol. The predicted molar refractivity (Wildman–Crippen MR) is 139 cm³/mol. The van der Waals surface area contributed by atoms with Gasteiger partial charge in [-0.1, -0.05) is 36.4 Å². The van der Waals surface area contributed by atoms with Crippen molar-refractivity contribution in [2.24, 2.45) is 0 Å². The maximum Gasteiger partial charge on any atom is 0.275 e. The molecule has 0 aliphatic heterocycles. The Labute approximate surface area is 209 Å². The number of hydrogen-bond donors (Lipinski definition) is 2. The molecule has 0 saturated carbocycles. The Bertz CT molecular complexity index is 1310. The van der Waals surface area contributed by atoms with Gasteiger partial charge in [0.15, 0.2) is 0 Å². The molecular formula is C28H28N4O4. The number of aromatic nitrogens is 2. The summed E-state index contributed by atoms with van der Waals surface area (Å²) in [6.07, 6.45) is 4.36. The molecule has 184 valence electrons. The van der Waals surface area contributed by atoms with Gasteiger partial charge in [0.2, 0.25) is 5.91 Å². The van der Waals surface area contributed by atoms with Crippen LogP contribution in [0.3, 0.4) is 0 Å². The molecule has 2 N–H and O–H groups in total. The van der Waals surface area contributed by atoms with Crippen LogP contribution in [0.2, 0.25) is 0 Å². The van der Waals surface area contributed by atoms with Crippen LogP contribution in [0.4, 0.5) is 11.4 Å². The van der Waals surface area contributed by atoms with Gasteiger partial charge < -0.3 is 24.7 Å². The number of benzene rings is 3. The fourth-order valence-corrected chi connectivity index (χ4v) is 3.68. The quantitative estimate of drug-likeness (QED) is 0.338. The number of carbonyl (C=O) groups excluding carboxylic acids is 2. The van der Waals surface area contributed by atoms with Crippen LogP contribution in [0, 0.1) is 0 Å². The highest BCUT2D eigenvalue weighted by molar-refractivity contribution is 6.03. The fourth-order valence-electron chi connectivity index (χ4n) is 3.68. The molecule has 0 unspecified atom stereocenters. The highest BCUT2D eigenvalue weighted by atomic mass is 16.5. The van der Waals surface area contributed by atoms with Crippen LogP contribution >= 0.6 is 0 Å². The molecule has 1 heterocycles. The van der Waals surface area contributed by atoms with Crippen molar-refractivity contribution in [1.29, 1.82) is 0 Å². The smallest absolute Gasteiger partial charge is 0.275 e. The van der Waals surface area contributed by atoms with Gasteiger partial charge in [-0.05, 0) is 53.9 Å². The number of ether oxygens (including phenoxy) is 2. The highest BCUT2D eigenvalue weighted by Crippen LogP contribution is 2.23. The van der Waals surface area contributed by atoms with E-state index in [0.717, 1.165) is 22.6 Å². The standard InChI is InChI=1S/C28H28N4O4/c1-35-23-14-9-20(10-15-23)11-16-27(33)30-22-12-7-21(8-13-22)17-32-18-25(29-19-32)28(34)31-24-5-3-4-6-26(24)36-2/h3-10,12-15,18-19H,11,16-17H2,1-2H3,(H,30,33)(H,31,34). The van der Waals surface area contributed by atoms with Crippen LogP contribution in [0.25, 0.3) is 0 Å². The van der Waals surface area contributed by atoms with Gasteiger partial charge in [-0.25, -0.2) is 4.98 Å². The minimum Gasteiger partial charge on any atom is -0.497 e. The molecule has 8 nitrogen and oxygen atoms in total. The summed E-state index contributed by atoms with van der Waals surface area (Å²) >= 11 is 0. The summed E-state index contributed by atoms with van der Waals surface area (Å²) in [5.74, 6) is 1.02. The number of nitrogens with zero attached hydrogens (tertiary/aromatic N) is 2. The van der Waals surface area contributed by atoms with Crippen molar-refractivity contribution in [3.8, 4) is 11.5 Å². The zero-order valence-electron chi connectivity index (χ0n) is 20.2. The van der Waals surface area contributed by atoms with E-state index in [2.05, 4.69) is 15.6 Å². The maximum atomic E-state index is 12.6. The Morgan fingerprint density at radius 2 is 1.58 bits per heavy atom. The predicted octanol–water partition coefficient (Wildman–Crippen LogP) is 4.77. The zero-order valence-corrected chi connectivity index (χ0v) is 20.2. The summed E-state index contributed by atoms with van der Waals surface area (Å²) in [7, 11) is 3.18. The van der Waals surface area contributed by atoms with Gasteiger partial charge in [0.25, 0.3) is 5.91 Å². The van der Waals surface area contributed by atoms with E-state index in [1.807, 2.05) is 65.2 Å². The molecule has 8 heteroatoms. The molecule has 0 aliphatic carbocycles. The SMILES string of the molecule is COc1ccc(CCC(=O)Nc2ccc(Cn3cnc(C(=O)Nc4ccccc4OC)c3)cc2)cc1. The highest BCUT2D eigenvalue weighted by Gasteiger charge is 2.12. The van der Waals surface area contributed by atoms with Crippen LogP contribution in [0.1, 0.15) is 28.0 Å². The molecule has 4 aromatic rings. The summed E-state index contributed by atoms with van der Waals surface area (Å²) in [5.41, 5.74) is 3.72. The third-order valence-electron chi connectivity index (χ3n) is 5.62. The Kier molecular flexibility index (Phi) is 7.97. The molecule has 1 aromatic heterocycles. The Balaban J connectivity index is 1.28. The molecule has 4 rings (SSSR count). The van der Waals surface area contributed by atoms with E-state index in [0.29, 0.717) is 36.5 Å². The molecular weight excluding hydrogens is 456 g/mol. The number of para-hydroxylation sites is 2. The summed E-state index contributed by atoms with van der Waals surface area (Å²) in [6.45, 7) is 0.542. The van der Waals surface area contributed by atoms with E-state index in [1.165, 1.54) is 0 Å². The van der Waals surface area contributed by atoms with Crippen LogP contribution < -0.4 is 20.1 Å². The zero-order chi connectivity index (χ0) is 25.3. The second-order valence-corrected chi connectivity index (χ2v) is 8.18. The molecule has 0 spiro atoms. The van der Waals surface area contributed by atoms with Gasteiger partial charge in [-0.15, -0.1) is 0 Å². The first-order chi connectivity index (χ1) is 17.5. The van der Waals surface area contributed by atoms with E-state index in [1.54, 1.807) is 38.9 Å². The van der Waals surface area contributed by atoms with E-state index < -0.39 is 0 Å². The first-order valence-corrected chi connectivity index (χ1v) is 11.5. The van der Waals surface area contributed by atoms with Crippen molar-refractivity contribution < 1.29 is 19.1 Å². The van der Waals surface area contributed by atoms with Crippen molar-refractivity contribution in [2.45, 2.75) is 19.4 Å². The van der Waals surface area contributed by atoms with Crippen LogP contribution in [-0.2, 0) is 17.8 Å². The molecule has 0 atom stereocenters. The number of carbonyl (C=O) groups is 2. The van der Waals surface area contributed by atoms with Gasteiger partial charge in [0, 0.05) is 24.8 Å². The maximum absolute atomic E-state index is 12.6. The van der Waals surface area contributed by atoms with Crippen LogP contribution in [0.5, 0.6) is 11.5 Å². The van der Waals surface area contributed by atoms with Crippen LogP contribution in [-0.4, -0.2) is 35.6 Å². The number of hydrogen-bond acceptors (Lipinski definition) is 5. The van der Waals surface area contributed by atoms with Crippen molar-refractivity contribution in [2.75, 3.05) is 24.9 Å². The number of amides is 2. The van der Waals surface area contributed by atoms with Crippen LogP contribution in [0.15, 0.2) is 85.3 Å². The first-order valence-electron chi connectivity index (χ1n) is 11.5. The molecule has 3 aromatic carbocycles. The second kappa shape index (κ2) is 11.7. The minimum atomic E-state index is -0.314. The third-order valence-corrected chi connectivity index (χ3v) is 5.62. The lowest BCUT2D eigenvalue weighted by molar-refractivity contribution is -0.116. The Morgan fingerprint density at radius 1 is 0.861 bits per heavy atom. The summed E-state index contributed by atoms with van der Waals surface area (Å²) < 4.78 is 12.3. The molecule has 2 amide bonds. The van der Waals surface area contributed by atoms with Crippen molar-refractivity contribution >= 4 is 23.2 Å². The van der Waals surface area contributed by atoms with E-state index >= 15 is 0 Å². The molecule has 0 fully saturated rings. The minimum absolute atomic E-state index is 0.0427. The van der Waals surface area contributed by atoms with Gasteiger partial charge >= 0.3 is 0 Å². The van der Waals surface area contributed by atoms with E-state index in [9.17, 15) is 9.59 Å². The van der Waals surface area contributed by atoms with Crippen molar-refractivity contribution in [3.63, 3.8) is 0 Å². The molecule has 0 radical (unpaired) electrons. The lowest BCUT2D eigenvalue weighted by Gasteiger charge is -2.08. The number of aryl methyl sites for hydroxylation is 1. The number of methoxy groups -OCH3 is 2. The van der Waals surface area contributed by atoms with Crippen molar-refractivity contribution in [3.05, 3.63) is 102 Å². The van der Waals surface area contributed by atoms with Gasteiger partial charge in [-0.3, -0.25) is 9.59 Å². The largest absolute Gasteiger partial charge is 0.497 e. The first kappa shape index (κ1) is 24.5. The molecule has 0 aliphatic rings. The number of imidazole rings is 1. The topological polar surface area (TPSA) is 94.5 Å². The third kappa shape index (κ3) is 6.50. The average Bonchev–Trinajstić information content (AvgIpc) is 3.38. The molecule has 36 heavy (non-hydrogen) atoms. The van der Waals surface area contributed by atoms with E-state index in [4.69, 9.17) is 9.47 Å². The summed E-state index contributed by atoms with van der Waals surface area (Å²) in [4.78, 5) is 29.1. The van der Waals surface area contributed by atoms with Crippen molar-refractivity contribution in [1.82, 2.24) is 9.55 Å². The molecule has 0 bridgehead atoms. The summed E-state index contributed by atoms with van der Waals surface area (Å²) in [6, 6.07) is 22.5. The lowest BCUT2D eigenvalue weighted by Crippen LogP contribution is -2.13. The normalized spacial score (nSPS) is 10.5. The van der Waals surface area contributed by atoms with Gasteiger partial charge in [0.1, 0.15) is 17.2 Å². The van der Waals surface area contributed by atoms with Gasteiger partial charge in [-0.2, -0.15) is 0 Å². The second-order valence-electron chi connectivity index (χ2n) is 8.18. The number of rotatable bonds is 10. The molecule has 0 saturated heterocycles. The lowest BCUT2D eigenvalue weighted by atomic mass is 10.1. The summed E-state index contributed by atoms with van der Waals surface area (Å²) in [5, 5.41) is 5.75. The average molecular weight is 485 g/mol. The number of nitrogens with one attached hydrogen (secondary N) is 2. The fraction of sp³-hybridized carbons (Fsp3) is 0.179. The van der Waals surface area contributed by atoms with Gasteiger partial charge in [0.05, 0.1) is 26.2 Å². The Hall–Kier alpha value is -4.59. The number of anilines is 2.